The van der Waals surface area contributed by atoms with Crippen molar-refractivity contribution in [1.29, 1.82) is 0 Å². The molecule has 2 aromatic carbocycles. The maximum Gasteiger partial charge on any atom is 0.273 e. The molecule has 2 aromatic rings. The Bertz CT molecular complexity index is 730. The van der Waals surface area contributed by atoms with Crippen molar-refractivity contribution < 1.29 is 14.5 Å². The quantitative estimate of drug-likeness (QED) is 0.645. The predicted molar refractivity (Wildman–Crippen MR) is 80.8 cm³/mol. The van der Waals surface area contributed by atoms with Crippen molar-refractivity contribution in [3.05, 3.63) is 64.2 Å². The first-order chi connectivity index (χ1) is 10.6. The monoisotopic (exact) mass is 298 g/mol. The van der Waals surface area contributed by atoms with Gasteiger partial charge in [-0.25, -0.2) is 0 Å². The molecule has 0 radical (unpaired) electrons. The Balaban J connectivity index is 2.00. The highest BCUT2D eigenvalue weighted by molar-refractivity contribution is 5.99. The minimum Gasteiger partial charge on any atom is -0.478 e. The first-order valence-electron chi connectivity index (χ1n) is 6.86. The molecular formula is C16H14N2O4. The highest BCUT2D eigenvalue weighted by atomic mass is 16.6. The third kappa shape index (κ3) is 2.50. The Labute approximate surface area is 127 Å². The number of benzene rings is 2. The van der Waals surface area contributed by atoms with Crippen molar-refractivity contribution in [2.75, 3.05) is 4.90 Å². The molecule has 0 aliphatic carbocycles. The molecule has 1 unspecified atom stereocenters. The highest BCUT2D eigenvalue weighted by Crippen LogP contribution is 2.37. The number of fused-ring (bicyclic) bond motifs is 1. The molecule has 6 nitrogen and oxygen atoms in total. The van der Waals surface area contributed by atoms with E-state index < -0.39 is 11.0 Å². The summed E-state index contributed by atoms with van der Waals surface area (Å²) < 4.78 is 5.51. The van der Waals surface area contributed by atoms with Crippen LogP contribution in [0.4, 0.5) is 11.4 Å². The smallest absolute Gasteiger partial charge is 0.273 e. The summed E-state index contributed by atoms with van der Waals surface area (Å²) in [5.41, 5.74) is 1.48. The number of nitro groups is 1. The molecule has 0 aromatic heterocycles. The fourth-order valence-electron chi connectivity index (χ4n) is 2.44. The molecule has 1 aliphatic heterocycles. The van der Waals surface area contributed by atoms with Crippen LogP contribution in [0.2, 0.25) is 0 Å². The van der Waals surface area contributed by atoms with E-state index in [4.69, 9.17) is 4.74 Å². The van der Waals surface area contributed by atoms with Gasteiger partial charge in [-0.15, -0.1) is 0 Å². The highest BCUT2D eigenvalue weighted by Gasteiger charge is 2.32. The van der Waals surface area contributed by atoms with Crippen LogP contribution in [-0.2, 0) is 11.3 Å². The van der Waals surface area contributed by atoms with Gasteiger partial charge in [0.2, 0.25) is 0 Å². The predicted octanol–water partition coefficient (Wildman–Crippen LogP) is 2.91. The van der Waals surface area contributed by atoms with Crippen molar-refractivity contribution in [2.45, 2.75) is 19.6 Å². The minimum atomic E-state index is -0.668. The first kappa shape index (κ1) is 14.1. The molecule has 1 amide bonds. The SMILES string of the molecule is CC1Oc2cc([N+](=O)[O-])ccc2N(Cc2ccccc2)C1=O. The van der Waals surface area contributed by atoms with E-state index in [1.54, 1.807) is 17.9 Å². The second-order valence-corrected chi connectivity index (χ2v) is 5.08. The van der Waals surface area contributed by atoms with Gasteiger partial charge in [0, 0.05) is 6.07 Å². The standard InChI is InChI=1S/C16H14N2O4/c1-11-16(19)17(10-12-5-3-2-4-6-12)14-8-7-13(18(20)21)9-15(14)22-11/h2-9,11H,10H2,1H3. The van der Waals surface area contributed by atoms with Crippen LogP contribution >= 0.6 is 0 Å². The van der Waals surface area contributed by atoms with Gasteiger partial charge in [-0.05, 0) is 18.6 Å². The Hall–Kier alpha value is -2.89. The Morgan fingerprint density at radius 2 is 1.95 bits per heavy atom. The van der Waals surface area contributed by atoms with Crippen molar-refractivity contribution in [3.63, 3.8) is 0 Å². The van der Waals surface area contributed by atoms with Gasteiger partial charge in [0.1, 0.15) is 0 Å². The van der Waals surface area contributed by atoms with Crippen molar-refractivity contribution in [1.82, 2.24) is 0 Å². The van der Waals surface area contributed by atoms with Gasteiger partial charge in [0.25, 0.3) is 11.6 Å². The summed E-state index contributed by atoms with van der Waals surface area (Å²) in [6.07, 6.45) is -0.668. The number of carbonyl (C=O) groups excluding carboxylic acids is 1. The van der Waals surface area contributed by atoms with Crippen LogP contribution < -0.4 is 9.64 Å². The van der Waals surface area contributed by atoms with E-state index in [0.29, 0.717) is 18.0 Å². The molecule has 112 valence electrons. The number of carbonyl (C=O) groups is 1. The molecule has 1 atom stereocenters. The lowest BCUT2D eigenvalue weighted by Gasteiger charge is -2.32. The molecule has 3 rings (SSSR count). The van der Waals surface area contributed by atoms with E-state index in [9.17, 15) is 14.9 Å². The average molecular weight is 298 g/mol. The Morgan fingerprint density at radius 3 is 2.64 bits per heavy atom. The van der Waals surface area contributed by atoms with E-state index in [2.05, 4.69) is 0 Å². The Morgan fingerprint density at radius 1 is 1.23 bits per heavy atom. The number of amides is 1. The maximum atomic E-state index is 12.4. The van der Waals surface area contributed by atoms with Crippen LogP contribution in [0.25, 0.3) is 0 Å². The fraction of sp³-hybridized carbons (Fsp3) is 0.188. The number of ether oxygens (including phenoxy) is 1. The molecular weight excluding hydrogens is 284 g/mol. The summed E-state index contributed by atoms with van der Waals surface area (Å²) in [5, 5.41) is 10.9. The fourth-order valence-corrected chi connectivity index (χ4v) is 2.44. The molecule has 22 heavy (non-hydrogen) atoms. The lowest BCUT2D eigenvalue weighted by molar-refractivity contribution is -0.384. The van der Waals surface area contributed by atoms with Gasteiger partial charge in [-0.1, -0.05) is 30.3 Å². The second-order valence-electron chi connectivity index (χ2n) is 5.08. The number of anilines is 1. The van der Waals surface area contributed by atoms with Crippen LogP contribution in [0.3, 0.4) is 0 Å². The zero-order chi connectivity index (χ0) is 15.7. The molecule has 0 saturated heterocycles. The first-order valence-corrected chi connectivity index (χ1v) is 6.86. The largest absolute Gasteiger partial charge is 0.478 e. The molecule has 6 heteroatoms. The van der Waals surface area contributed by atoms with Crippen molar-refractivity contribution in [2.24, 2.45) is 0 Å². The minimum absolute atomic E-state index is 0.0556. The van der Waals surface area contributed by atoms with E-state index in [0.717, 1.165) is 5.56 Å². The van der Waals surface area contributed by atoms with Gasteiger partial charge >= 0.3 is 0 Å². The molecule has 0 bridgehead atoms. The molecule has 0 saturated carbocycles. The van der Waals surface area contributed by atoms with E-state index in [1.165, 1.54) is 12.1 Å². The third-order valence-electron chi connectivity index (χ3n) is 3.55. The number of rotatable bonds is 3. The third-order valence-corrected chi connectivity index (χ3v) is 3.55. The zero-order valence-corrected chi connectivity index (χ0v) is 11.9. The van der Waals surface area contributed by atoms with Crippen LogP contribution in [0.15, 0.2) is 48.5 Å². The van der Waals surface area contributed by atoms with Gasteiger partial charge in [0.15, 0.2) is 11.9 Å². The molecule has 0 spiro atoms. The normalized spacial score (nSPS) is 16.9. The van der Waals surface area contributed by atoms with E-state index >= 15 is 0 Å². The van der Waals surface area contributed by atoms with Gasteiger partial charge < -0.3 is 9.64 Å². The molecule has 1 aliphatic rings. The Kier molecular flexibility index (Phi) is 3.50. The number of nitrogens with zero attached hydrogens (tertiary/aromatic N) is 2. The summed E-state index contributed by atoms with van der Waals surface area (Å²) >= 11 is 0. The van der Waals surface area contributed by atoms with Crippen LogP contribution in [0.5, 0.6) is 5.75 Å². The van der Waals surface area contributed by atoms with Crippen molar-refractivity contribution in [3.8, 4) is 5.75 Å². The van der Waals surface area contributed by atoms with E-state index in [1.807, 2.05) is 30.3 Å². The molecule has 0 N–H and O–H groups in total. The number of hydrogen-bond acceptors (Lipinski definition) is 4. The lowest BCUT2D eigenvalue weighted by Crippen LogP contribution is -2.44. The van der Waals surface area contributed by atoms with E-state index in [-0.39, 0.29) is 11.6 Å². The number of hydrogen-bond donors (Lipinski definition) is 0. The van der Waals surface area contributed by atoms with Crippen LogP contribution in [0.1, 0.15) is 12.5 Å². The van der Waals surface area contributed by atoms with Crippen molar-refractivity contribution >= 4 is 17.3 Å². The lowest BCUT2D eigenvalue weighted by atomic mass is 10.1. The topological polar surface area (TPSA) is 72.7 Å². The van der Waals surface area contributed by atoms with Crippen LogP contribution in [0, 0.1) is 10.1 Å². The number of non-ortho nitro benzene ring substituents is 1. The van der Waals surface area contributed by atoms with Gasteiger partial charge in [-0.3, -0.25) is 14.9 Å². The van der Waals surface area contributed by atoms with Crippen LogP contribution in [-0.4, -0.2) is 16.9 Å². The van der Waals surface area contributed by atoms with Gasteiger partial charge in [0.05, 0.1) is 23.2 Å². The second kappa shape index (κ2) is 5.48. The summed E-state index contributed by atoms with van der Waals surface area (Å²) in [5.74, 6) is 0.197. The summed E-state index contributed by atoms with van der Waals surface area (Å²) in [7, 11) is 0. The molecule has 0 fully saturated rings. The summed E-state index contributed by atoms with van der Waals surface area (Å²) in [6, 6.07) is 13.9. The summed E-state index contributed by atoms with van der Waals surface area (Å²) in [4.78, 5) is 24.4. The number of nitro benzene ring substituents is 1. The zero-order valence-electron chi connectivity index (χ0n) is 11.9. The average Bonchev–Trinajstić information content (AvgIpc) is 2.52. The molecule has 1 heterocycles. The maximum absolute atomic E-state index is 12.4. The summed E-state index contributed by atoms with van der Waals surface area (Å²) in [6.45, 7) is 2.04. The van der Waals surface area contributed by atoms with Gasteiger partial charge in [-0.2, -0.15) is 0 Å².